The van der Waals surface area contributed by atoms with Gasteiger partial charge in [0.15, 0.2) is 11.6 Å². The summed E-state index contributed by atoms with van der Waals surface area (Å²) in [6, 6.07) is 14.1. The van der Waals surface area contributed by atoms with Crippen molar-refractivity contribution in [3.63, 3.8) is 0 Å². The van der Waals surface area contributed by atoms with E-state index in [9.17, 15) is 13.2 Å². The highest BCUT2D eigenvalue weighted by molar-refractivity contribution is 5.65. The molecule has 0 aliphatic carbocycles. The molecule has 3 aromatic carbocycles. The van der Waals surface area contributed by atoms with Crippen LogP contribution in [0.5, 0.6) is 0 Å². The lowest BCUT2D eigenvalue weighted by Crippen LogP contribution is -1.91. The smallest absolute Gasteiger partial charge is 0.207 e. The topological polar surface area (TPSA) is 51.9 Å². The van der Waals surface area contributed by atoms with Crippen molar-refractivity contribution < 1.29 is 13.2 Å². The molecule has 3 nitrogen and oxygen atoms in total. The molecule has 0 bridgehead atoms. The standard InChI is InChI=1S/C10H8N2.C9H8FN.C8H8F2/c1-7-4-5-8(2)10(12-3)9(7)6-11;1-6-3-4-7(2)9(10)8(6)5-11;1-5-3-4-6(2)8(10)7(5)9/h4-5H,1-2H3;3-4H,1-2H3;3-4H,1-2H3. The van der Waals surface area contributed by atoms with Crippen LogP contribution in [0.3, 0.4) is 0 Å². The molecular formula is C27H24F3N3. The third-order valence-corrected chi connectivity index (χ3v) is 4.94. The number of nitrogens with zero attached hydrogens (tertiary/aromatic N) is 3. The van der Waals surface area contributed by atoms with Crippen LogP contribution in [0.1, 0.15) is 44.5 Å². The van der Waals surface area contributed by atoms with E-state index in [0.29, 0.717) is 33.5 Å². The van der Waals surface area contributed by atoms with Crippen LogP contribution >= 0.6 is 0 Å². The molecule has 0 aliphatic heterocycles. The van der Waals surface area contributed by atoms with E-state index in [0.717, 1.165) is 11.1 Å². The first-order valence-corrected chi connectivity index (χ1v) is 9.94. The Balaban J connectivity index is 0.000000249. The van der Waals surface area contributed by atoms with E-state index in [1.54, 1.807) is 38.1 Å². The van der Waals surface area contributed by atoms with Crippen LogP contribution in [0.25, 0.3) is 4.85 Å². The zero-order valence-corrected chi connectivity index (χ0v) is 19.4. The molecule has 0 aromatic heterocycles. The molecule has 33 heavy (non-hydrogen) atoms. The second-order valence-electron chi connectivity index (χ2n) is 7.47. The van der Waals surface area contributed by atoms with Crippen molar-refractivity contribution in [2.75, 3.05) is 0 Å². The molecule has 0 radical (unpaired) electrons. The van der Waals surface area contributed by atoms with Crippen LogP contribution in [-0.2, 0) is 0 Å². The molecule has 0 N–H and O–H groups in total. The first kappa shape index (κ1) is 27.0. The van der Waals surface area contributed by atoms with Crippen molar-refractivity contribution in [1.82, 2.24) is 0 Å². The second kappa shape index (κ2) is 12.1. The van der Waals surface area contributed by atoms with Gasteiger partial charge in [0.1, 0.15) is 11.9 Å². The van der Waals surface area contributed by atoms with Gasteiger partial charge in [0, 0.05) is 0 Å². The fourth-order valence-electron chi connectivity index (χ4n) is 2.74. The van der Waals surface area contributed by atoms with E-state index in [1.807, 2.05) is 38.1 Å². The van der Waals surface area contributed by atoms with Gasteiger partial charge < -0.3 is 0 Å². The zero-order chi connectivity index (χ0) is 25.3. The van der Waals surface area contributed by atoms with E-state index < -0.39 is 17.5 Å². The van der Waals surface area contributed by atoms with Gasteiger partial charge in [-0.05, 0) is 74.9 Å². The summed E-state index contributed by atoms with van der Waals surface area (Å²) in [5, 5.41) is 17.3. The largest absolute Gasteiger partial charge is 0.236 e. The predicted octanol–water partition coefficient (Wildman–Crippen LogP) is 7.62. The highest BCUT2D eigenvalue weighted by Crippen LogP contribution is 2.25. The van der Waals surface area contributed by atoms with Gasteiger partial charge in [0.2, 0.25) is 5.69 Å². The van der Waals surface area contributed by atoms with Gasteiger partial charge in [-0.2, -0.15) is 10.5 Å². The lowest BCUT2D eigenvalue weighted by molar-refractivity contribution is 0.497. The van der Waals surface area contributed by atoms with Crippen LogP contribution in [0, 0.1) is 88.2 Å². The minimum Gasteiger partial charge on any atom is -0.236 e. The van der Waals surface area contributed by atoms with Gasteiger partial charge in [0.05, 0.1) is 23.8 Å². The summed E-state index contributed by atoms with van der Waals surface area (Å²) >= 11 is 0. The summed E-state index contributed by atoms with van der Waals surface area (Å²) in [4.78, 5) is 3.33. The maximum atomic E-state index is 13.0. The van der Waals surface area contributed by atoms with E-state index >= 15 is 0 Å². The molecule has 168 valence electrons. The number of hydrogen-bond donors (Lipinski definition) is 0. The molecule has 0 atom stereocenters. The summed E-state index contributed by atoms with van der Waals surface area (Å²) in [6.07, 6.45) is 0. The average molecular weight is 448 g/mol. The summed E-state index contributed by atoms with van der Waals surface area (Å²) in [7, 11) is 0. The monoisotopic (exact) mass is 447 g/mol. The highest BCUT2D eigenvalue weighted by Gasteiger charge is 2.08. The van der Waals surface area contributed by atoms with Gasteiger partial charge in [-0.15, -0.1) is 0 Å². The Labute approximate surface area is 193 Å². The van der Waals surface area contributed by atoms with Crippen molar-refractivity contribution in [1.29, 1.82) is 10.5 Å². The van der Waals surface area contributed by atoms with Gasteiger partial charge in [-0.3, -0.25) is 0 Å². The summed E-state index contributed by atoms with van der Waals surface area (Å²) < 4.78 is 38.3. The lowest BCUT2D eigenvalue weighted by Gasteiger charge is -2.01. The van der Waals surface area contributed by atoms with Crippen LogP contribution in [-0.4, -0.2) is 0 Å². The first-order valence-electron chi connectivity index (χ1n) is 9.94. The van der Waals surface area contributed by atoms with Crippen molar-refractivity contribution in [2.24, 2.45) is 0 Å². The summed E-state index contributed by atoms with van der Waals surface area (Å²) in [6.45, 7) is 17.0. The third-order valence-electron chi connectivity index (χ3n) is 4.94. The molecule has 0 amide bonds. The van der Waals surface area contributed by atoms with E-state index in [4.69, 9.17) is 17.1 Å². The molecule has 0 saturated heterocycles. The van der Waals surface area contributed by atoms with E-state index in [2.05, 4.69) is 4.85 Å². The fourth-order valence-corrected chi connectivity index (χ4v) is 2.74. The molecule has 3 aromatic rings. The Bertz CT molecular complexity index is 1220. The Kier molecular flexibility index (Phi) is 9.87. The van der Waals surface area contributed by atoms with Crippen molar-refractivity contribution in [3.8, 4) is 12.1 Å². The molecule has 3 rings (SSSR count). The van der Waals surface area contributed by atoms with E-state index in [1.165, 1.54) is 13.8 Å². The fraction of sp³-hybridized carbons (Fsp3) is 0.222. The predicted molar refractivity (Wildman–Crippen MR) is 123 cm³/mol. The average Bonchev–Trinajstić information content (AvgIpc) is 2.80. The van der Waals surface area contributed by atoms with Gasteiger partial charge in [-0.1, -0.05) is 36.4 Å². The molecule has 0 heterocycles. The quantitative estimate of drug-likeness (QED) is 0.333. The first-order chi connectivity index (χ1) is 15.5. The Morgan fingerprint density at radius 2 is 0.909 bits per heavy atom. The van der Waals surface area contributed by atoms with Gasteiger partial charge in [-0.25, -0.2) is 18.0 Å². The maximum absolute atomic E-state index is 13.0. The number of aryl methyl sites for hydroxylation is 6. The molecule has 0 spiro atoms. The highest BCUT2D eigenvalue weighted by atomic mass is 19.2. The molecular weight excluding hydrogens is 423 g/mol. The zero-order valence-electron chi connectivity index (χ0n) is 19.4. The lowest BCUT2D eigenvalue weighted by atomic mass is 10.0. The number of rotatable bonds is 0. The minimum atomic E-state index is -0.736. The third kappa shape index (κ3) is 6.70. The van der Waals surface area contributed by atoms with Crippen LogP contribution in [0.4, 0.5) is 18.9 Å². The Morgan fingerprint density at radius 3 is 1.24 bits per heavy atom. The molecule has 0 aliphatic rings. The number of nitriles is 2. The van der Waals surface area contributed by atoms with Crippen molar-refractivity contribution in [2.45, 2.75) is 41.5 Å². The number of hydrogen-bond acceptors (Lipinski definition) is 2. The van der Waals surface area contributed by atoms with Crippen molar-refractivity contribution in [3.05, 3.63) is 110 Å². The van der Waals surface area contributed by atoms with Crippen LogP contribution in [0.15, 0.2) is 36.4 Å². The summed E-state index contributed by atoms with van der Waals surface area (Å²) in [5.41, 5.74) is 4.79. The van der Waals surface area contributed by atoms with Crippen LogP contribution in [0.2, 0.25) is 0 Å². The van der Waals surface area contributed by atoms with Crippen LogP contribution < -0.4 is 0 Å². The van der Waals surface area contributed by atoms with Gasteiger partial charge >= 0.3 is 0 Å². The van der Waals surface area contributed by atoms with E-state index in [-0.39, 0.29) is 5.56 Å². The molecule has 0 fully saturated rings. The van der Waals surface area contributed by atoms with Crippen molar-refractivity contribution >= 4 is 5.69 Å². The normalized spacial score (nSPS) is 9.27. The minimum absolute atomic E-state index is 0.157. The Hall–Kier alpha value is -4.08. The van der Waals surface area contributed by atoms with Gasteiger partial charge in [0.25, 0.3) is 0 Å². The molecule has 0 unspecified atom stereocenters. The summed E-state index contributed by atoms with van der Waals surface area (Å²) in [5.74, 6) is -1.87. The Morgan fingerprint density at radius 1 is 0.576 bits per heavy atom. The SMILES string of the molecule is Cc1ccc(C)c(C#N)c1F.Cc1ccc(C)c(F)c1F.[C-]#[N+]c1c(C)ccc(C)c1C#N. The number of halogens is 3. The maximum Gasteiger partial charge on any atom is 0.207 e. The molecule has 0 saturated carbocycles. The number of benzene rings is 3. The molecule has 6 heteroatoms. The second-order valence-corrected chi connectivity index (χ2v) is 7.47.